The molecule has 2 saturated heterocycles. The molecule has 3 heterocycles. The van der Waals surface area contributed by atoms with E-state index in [1.165, 1.54) is 46.4 Å². The van der Waals surface area contributed by atoms with Crippen LogP contribution in [0.4, 0.5) is 0 Å². The van der Waals surface area contributed by atoms with Crippen LogP contribution in [0.25, 0.3) is 10.9 Å². The molecule has 314 valence electrons. The van der Waals surface area contributed by atoms with Crippen LogP contribution in [0.3, 0.4) is 0 Å². The van der Waals surface area contributed by atoms with Crippen LogP contribution in [-0.4, -0.2) is 145 Å². The Balaban J connectivity index is 1.69. The number of thioether (sulfide) groups is 1. The van der Waals surface area contributed by atoms with E-state index in [4.69, 9.17) is 5.73 Å². The van der Waals surface area contributed by atoms with Crippen molar-refractivity contribution < 1.29 is 48.9 Å². The number of nitrogens with one attached hydrogen (secondary N) is 7. The van der Waals surface area contributed by atoms with E-state index in [-0.39, 0.29) is 38.1 Å². The van der Waals surface area contributed by atoms with Gasteiger partial charge in [0.15, 0.2) is 0 Å². The zero-order valence-corrected chi connectivity index (χ0v) is 33.7. The van der Waals surface area contributed by atoms with Crippen LogP contribution in [0.1, 0.15) is 59.4 Å². The number of aromatic amines is 1. The number of carbonyl (C=O) groups is 7. The molecular formula is C37H55N9O10S. The lowest BCUT2D eigenvalue weighted by Gasteiger charge is -2.30. The minimum Gasteiger partial charge on any atom is -0.391 e. The average Bonchev–Trinajstić information content (AvgIpc) is 3.71. The van der Waals surface area contributed by atoms with E-state index in [9.17, 15) is 48.9 Å². The van der Waals surface area contributed by atoms with Crippen molar-refractivity contribution in [1.29, 1.82) is 0 Å². The summed E-state index contributed by atoms with van der Waals surface area (Å²) in [4.78, 5) is 99.6. The molecular weight excluding hydrogens is 763 g/mol. The number of aliphatic hydroxyl groups excluding tert-OH is 2. The summed E-state index contributed by atoms with van der Waals surface area (Å²) in [5, 5.41) is 48.5. The van der Waals surface area contributed by atoms with E-state index < -0.39 is 101 Å². The molecule has 1 aromatic carbocycles. The number of rotatable bonds is 8. The number of hydrogen-bond donors (Lipinski definition) is 11. The fraction of sp³-hybridized carbons (Fsp3) is 0.595. The summed E-state index contributed by atoms with van der Waals surface area (Å²) in [6.07, 6.45) is -2.96. The lowest BCUT2D eigenvalue weighted by molar-refractivity contribution is -0.142. The van der Waals surface area contributed by atoms with Crippen molar-refractivity contribution in [1.82, 2.24) is 41.8 Å². The van der Waals surface area contributed by atoms with E-state index in [1.54, 1.807) is 0 Å². The number of para-hydroxylation sites is 1. The number of carbonyl (C=O) groups excluding carboxylic acids is 7. The van der Waals surface area contributed by atoms with Crippen molar-refractivity contribution in [2.75, 3.05) is 18.8 Å². The third-order valence-corrected chi connectivity index (χ3v) is 11.4. The molecule has 4 rings (SSSR count). The third kappa shape index (κ3) is 11.4. The maximum Gasteiger partial charge on any atom is 0.246 e. The first-order valence-electron chi connectivity index (χ1n) is 18.8. The van der Waals surface area contributed by atoms with Gasteiger partial charge in [-0.2, -0.15) is 0 Å². The number of aliphatic hydroxyl groups is 3. The first kappa shape index (κ1) is 44.9. The highest BCUT2D eigenvalue weighted by molar-refractivity contribution is 7.99. The molecule has 2 aliphatic heterocycles. The van der Waals surface area contributed by atoms with Gasteiger partial charge in [-0.05, 0) is 66.0 Å². The number of amides is 7. The van der Waals surface area contributed by atoms with Crippen molar-refractivity contribution in [3.05, 3.63) is 29.8 Å². The summed E-state index contributed by atoms with van der Waals surface area (Å²) < 4.78 is 0. The van der Waals surface area contributed by atoms with Gasteiger partial charge in [0.05, 0.1) is 22.8 Å². The molecule has 1 aromatic heterocycles. The summed E-state index contributed by atoms with van der Waals surface area (Å²) in [5.74, 6) is -5.86. The van der Waals surface area contributed by atoms with Crippen LogP contribution in [-0.2, 0) is 33.6 Å². The standard InChI is InChI=1S/C37H55N9O10S/c1-17-23-9-7-8-10-24(23)44-35(17)57-15-26-36(55)46-14-22(48)13-27(46)33(53)41-18(2)29(49)39-19(3)30(50)42-25(11-12-37(6,56)16-38)32(52)40-20(4)31(51)45-28(21(5)47)34(54)43-26/h7-10,18-22,25-28,44,47-48,56H,11-16,38H2,1-6H3,(H,39,49)(H,40,52)(H,41,53)(H,42,50)(H,43,54)(H,45,51)/t18-,19-,20-,21-,22+,25+,26+,27-,28+,37?/m0/s1. The van der Waals surface area contributed by atoms with Gasteiger partial charge in [0.25, 0.3) is 0 Å². The molecule has 0 radical (unpaired) electrons. The van der Waals surface area contributed by atoms with Gasteiger partial charge in [-0.3, -0.25) is 33.6 Å². The fourth-order valence-corrected chi connectivity index (χ4v) is 7.54. The Morgan fingerprint density at radius 2 is 1.40 bits per heavy atom. The first-order chi connectivity index (χ1) is 26.7. The van der Waals surface area contributed by atoms with Gasteiger partial charge < -0.3 is 62.8 Å². The predicted octanol–water partition coefficient (Wildman–Crippen LogP) is -2.62. The number of benzene rings is 1. The Morgan fingerprint density at radius 3 is 2.02 bits per heavy atom. The highest BCUT2D eigenvalue weighted by Gasteiger charge is 2.43. The van der Waals surface area contributed by atoms with Gasteiger partial charge in [0.2, 0.25) is 41.4 Å². The summed E-state index contributed by atoms with van der Waals surface area (Å²) in [7, 11) is 0. The van der Waals surface area contributed by atoms with Gasteiger partial charge in [-0.25, -0.2) is 0 Å². The number of aryl methyl sites for hydroxylation is 1. The van der Waals surface area contributed by atoms with E-state index in [1.807, 2.05) is 31.2 Å². The third-order valence-electron chi connectivity index (χ3n) is 10.2. The monoisotopic (exact) mass is 817 g/mol. The van der Waals surface area contributed by atoms with Crippen LogP contribution in [0.2, 0.25) is 0 Å². The van der Waals surface area contributed by atoms with Crippen molar-refractivity contribution >= 4 is 64.0 Å². The topological polar surface area (TPSA) is 297 Å². The van der Waals surface area contributed by atoms with Crippen LogP contribution >= 0.6 is 11.8 Å². The number of nitrogens with two attached hydrogens (primary N) is 1. The van der Waals surface area contributed by atoms with Crippen molar-refractivity contribution in [2.24, 2.45) is 5.73 Å². The number of H-pyrrole nitrogens is 1. The highest BCUT2D eigenvalue weighted by atomic mass is 32.2. The second-order valence-electron chi connectivity index (χ2n) is 15.1. The average molecular weight is 818 g/mol. The molecule has 2 fully saturated rings. The summed E-state index contributed by atoms with van der Waals surface area (Å²) in [5.41, 5.74) is 5.98. The smallest absolute Gasteiger partial charge is 0.246 e. The van der Waals surface area contributed by atoms with Crippen molar-refractivity contribution in [2.45, 2.75) is 126 Å². The van der Waals surface area contributed by atoms with Crippen LogP contribution in [0.15, 0.2) is 29.3 Å². The Morgan fingerprint density at radius 1 is 0.842 bits per heavy atom. The predicted molar refractivity (Wildman–Crippen MR) is 209 cm³/mol. The molecule has 7 amide bonds. The van der Waals surface area contributed by atoms with E-state index in [0.29, 0.717) is 5.03 Å². The van der Waals surface area contributed by atoms with Crippen molar-refractivity contribution in [3.8, 4) is 0 Å². The zero-order valence-electron chi connectivity index (χ0n) is 32.9. The molecule has 1 unspecified atom stereocenters. The highest BCUT2D eigenvalue weighted by Crippen LogP contribution is 2.30. The SMILES string of the molecule is Cc1c(SC[C@H]2NC(=O)[C@@H]([C@H](C)O)NC(=O)[C@H](C)NC(=O)[C@@H](CCC(C)(O)CN)NC(=O)[C@H](C)NC(=O)[C@H](C)NC(=O)[C@@H]3C[C@@H](O)CN3C2=O)[nH]c2ccccc12. The van der Waals surface area contributed by atoms with Crippen molar-refractivity contribution in [3.63, 3.8) is 0 Å². The summed E-state index contributed by atoms with van der Waals surface area (Å²) in [6, 6.07) is -1.78. The summed E-state index contributed by atoms with van der Waals surface area (Å²) >= 11 is 1.21. The molecule has 19 nitrogen and oxygen atoms in total. The maximum atomic E-state index is 14.3. The number of fused-ring (bicyclic) bond motifs is 2. The molecule has 2 aliphatic rings. The Hall–Kier alpha value is -4.76. The fourth-order valence-electron chi connectivity index (χ4n) is 6.48. The molecule has 57 heavy (non-hydrogen) atoms. The lowest BCUT2D eigenvalue weighted by Crippen LogP contribution is -2.61. The van der Waals surface area contributed by atoms with Gasteiger partial charge >= 0.3 is 0 Å². The molecule has 0 spiro atoms. The second kappa shape index (κ2) is 19.1. The number of hydrogen-bond acceptors (Lipinski definition) is 12. The van der Waals surface area contributed by atoms with Gasteiger partial charge in [-0.15, -0.1) is 11.8 Å². The van der Waals surface area contributed by atoms with E-state index >= 15 is 0 Å². The van der Waals surface area contributed by atoms with Gasteiger partial charge in [0.1, 0.15) is 42.3 Å². The van der Waals surface area contributed by atoms with E-state index in [2.05, 4.69) is 36.9 Å². The van der Waals surface area contributed by atoms with Crippen LogP contribution in [0.5, 0.6) is 0 Å². The molecule has 0 aliphatic carbocycles. The van der Waals surface area contributed by atoms with Gasteiger partial charge in [0, 0.05) is 36.2 Å². The lowest BCUT2D eigenvalue weighted by atomic mass is 9.96. The largest absolute Gasteiger partial charge is 0.391 e. The van der Waals surface area contributed by atoms with E-state index in [0.717, 1.165) is 21.4 Å². The molecule has 0 bridgehead atoms. The Kier molecular flexibility index (Phi) is 15.1. The molecule has 2 aromatic rings. The quantitative estimate of drug-likeness (QED) is 0.122. The molecule has 20 heteroatoms. The summed E-state index contributed by atoms with van der Waals surface area (Å²) in [6.45, 7) is 8.18. The molecule has 0 saturated carbocycles. The molecule has 10 atom stereocenters. The Labute approximate surface area is 334 Å². The number of aromatic nitrogens is 1. The van der Waals surface area contributed by atoms with Crippen LogP contribution < -0.4 is 37.6 Å². The molecule has 12 N–H and O–H groups in total. The minimum absolute atomic E-state index is 0.0403. The number of nitrogens with zero attached hydrogens (tertiary/aromatic N) is 1. The van der Waals surface area contributed by atoms with Gasteiger partial charge in [-0.1, -0.05) is 18.2 Å². The minimum atomic E-state index is -1.63. The second-order valence-corrected chi connectivity index (χ2v) is 16.1. The maximum absolute atomic E-state index is 14.3. The Bertz CT molecular complexity index is 1840. The zero-order chi connectivity index (χ0) is 42.4. The van der Waals surface area contributed by atoms with Crippen LogP contribution in [0, 0.1) is 6.92 Å². The normalized spacial score (nSPS) is 29.2. The first-order valence-corrected chi connectivity index (χ1v) is 19.8.